The zero-order valence-corrected chi connectivity index (χ0v) is 15.8. The molecule has 3 heterocycles. The van der Waals surface area contributed by atoms with Gasteiger partial charge in [0, 0.05) is 12.0 Å². The van der Waals surface area contributed by atoms with Gasteiger partial charge in [0.05, 0.1) is 20.3 Å². The van der Waals surface area contributed by atoms with Crippen LogP contribution in [-0.4, -0.2) is 53.1 Å². The molecule has 138 valence electrons. The number of nitrogens with zero attached hydrogens (tertiary/aromatic N) is 3. The van der Waals surface area contributed by atoms with E-state index in [2.05, 4.69) is 16.1 Å². The van der Waals surface area contributed by atoms with E-state index in [-0.39, 0.29) is 11.9 Å². The van der Waals surface area contributed by atoms with Gasteiger partial charge in [-0.3, -0.25) is 0 Å². The van der Waals surface area contributed by atoms with Gasteiger partial charge in [0.1, 0.15) is 23.7 Å². The number of benzene rings is 1. The summed E-state index contributed by atoms with van der Waals surface area (Å²) >= 11 is 1.51. The van der Waals surface area contributed by atoms with Crippen LogP contribution in [0.5, 0.6) is 11.6 Å². The highest BCUT2D eigenvalue weighted by Crippen LogP contribution is 2.35. The molecular formula is C18H23N4O3S+. The number of methoxy groups -OCH3 is 1. The molecule has 0 saturated carbocycles. The van der Waals surface area contributed by atoms with Crippen LogP contribution in [0.15, 0.2) is 24.3 Å². The SMILES string of the molecule is CCc1nc2sc([C@@H](c3cccc(OC)c3)[NH+]3CCOCC3)c(O)n2n1. The summed E-state index contributed by atoms with van der Waals surface area (Å²) in [6.07, 6.45) is 0.747. The molecule has 1 fully saturated rings. The highest BCUT2D eigenvalue weighted by Gasteiger charge is 2.34. The van der Waals surface area contributed by atoms with Crippen molar-refractivity contribution in [2.45, 2.75) is 19.4 Å². The molecule has 1 atom stereocenters. The summed E-state index contributed by atoms with van der Waals surface area (Å²) in [6, 6.07) is 8.05. The molecule has 8 heteroatoms. The first-order valence-electron chi connectivity index (χ1n) is 8.84. The molecule has 1 aromatic carbocycles. The van der Waals surface area contributed by atoms with Crippen LogP contribution in [-0.2, 0) is 11.2 Å². The molecule has 26 heavy (non-hydrogen) atoms. The third kappa shape index (κ3) is 3.04. The third-order valence-corrected chi connectivity index (χ3v) is 5.88. The van der Waals surface area contributed by atoms with Crippen molar-refractivity contribution in [1.82, 2.24) is 14.6 Å². The maximum Gasteiger partial charge on any atom is 0.235 e. The minimum Gasteiger partial charge on any atom is -0.497 e. The van der Waals surface area contributed by atoms with Gasteiger partial charge < -0.3 is 19.5 Å². The number of hydrogen-bond acceptors (Lipinski definition) is 6. The first-order valence-corrected chi connectivity index (χ1v) is 9.66. The van der Waals surface area contributed by atoms with E-state index in [4.69, 9.17) is 9.47 Å². The summed E-state index contributed by atoms with van der Waals surface area (Å²) < 4.78 is 12.5. The van der Waals surface area contributed by atoms with Gasteiger partial charge >= 0.3 is 0 Å². The fraction of sp³-hybridized carbons (Fsp3) is 0.444. The Hall–Kier alpha value is -2.16. The lowest BCUT2D eigenvalue weighted by Gasteiger charge is -2.31. The highest BCUT2D eigenvalue weighted by atomic mass is 32.1. The molecule has 0 spiro atoms. The Balaban J connectivity index is 1.81. The van der Waals surface area contributed by atoms with Crippen LogP contribution < -0.4 is 9.64 Å². The number of quaternary nitrogens is 1. The lowest BCUT2D eigenvalue weighted by molar-refractivity contribution is -0.932. The fourth-order valence-corrected chi connectivity index (χ4v) is 4.60. The number of morpholine rings is 1. The molecule has 0 unspecified atom stereocenters. The van der Waals surface area contributed by atoms with Crippen LogP contribution in [0.1, 0.15) is 29.2 Å². The Morgan fingerprint density at radius 3 is 2.88 bits per heavy atom. The van der Waals surface area contributed by atoms with Gasteiger partial charge in [-0.2, -0.15) is 4.52 Å². The van der Waals surface area contributed by atoms with E-state index in [1.807, 2.05) is 25.1 Å². The first kappa shape index (κ1) is 17.3. The second-order valence-corrected chi connectivity index (χ2v) is 7.36. The minimum atomic E-state index is -0.00687. The van der Waals surface area contributed by atoms with Crippen molar-refractivity contribution in [3.05, 3.63) is 40.5 Å². The summed E-state index contributed by atoms with van der Waals surface area (Å²) in [4.78, 5) is 7.49. The molecule has 0 radical (unpaired) electrons. The number of nitrogens with one attached hydrogen (secondary N) is 1. The van der Waals surface area contributed by atoms with Gasteiger partial charge in [-0.25, -0.2) is 4.98 Å². The van der Waals surface area contributed by atoms with Gasteiger partial charge in [0.25, 0.3) is 0 Å². The normalized spacial score (nSPS) is 16.8. The number of hydrogen-bond donors (Lipinski definition) is 2. The summed E-state index contributed by atoms with van der Waals surface area (Å²) in [5.74, 6) is 1.74. The Morgan fingerprint density at radius 2 is 2.19 bits per heavy atom. The van der Waals surface area contributed by atoms with E-state index in [1.54, 1.807) is 11.6 Å². The molecule has 2 aromatic heterocycles. The number of aromatic hydroxyl groups is 1. The van der Waals surface area contributed by atoms with E-state index in [9.17, 15) is 5.11 Å². The van der Waals surface area contributed by atoms with Gasteiger partial charge in [0.2, 0.25) is 10.8 Å². The highest BCUT2D eigenvalue weighted by molar-refractivity contribution is 7.17. The molecule has 1 aliphatic heterocycles. The van der Waals surface area contributed by atoms with Crippen LogP contribution in [0.25, 0.3) is 4.96 Å². The summed E-state index contributed by atoms with van der Waals surface area (Å²) in [7, 11) is 1.67. The molecule has 0 amide bonds. The van der Waals surface area contributed by atoms with Crippen molar-refractivity contribution in [2.24, 2.45) is 0 Å². The molecule has 1 saturated heterocycles. The summed E-state index contributed by atoms with van der Waals surface area (Å²) in [5, 5.41) is 15.3. The average Bonchev–Trinajstić information content (AvgIpc) is 3.23. The zero-order valence-electron chi connectivity index (χ0n) is 14.9. The van der Waals surface area contributed by atoms with Crippen molar-refractivity contribution in [3.8, 4) is 11.6 Å². The van der Waals surface area contributed by atoms with Crippen molar-refractivity contribution in [2.75, 3.05) is 33.4 Å². The van der Waals surface area contributed by atoms with Crippen molar-refractivity contribution in [3.63, 3.8) is 0 Å². The van der Waals surface area contributed by atoms with Crippen LogP contribution in [0.4, 0.5) is 0 Å². The largest absolute Gasteiger partial charge is 0.497 e. The topological polar surface area (TPSA) is 73.3 Å². The van der Waals surface area contributed by atoms with Crippen molar-refractivity contribution >= 4 is 16.3 Å². The Bertz CT molecular complexity index is 901. The number of ether oxygens (including phenoxy) is 2. The van der Waals surface area contributed by atoms with E-state index in [0.29, 0.717) is 0 Å². The molecule has 3 aromatic rings. The molecule has 7 nitrogen and oxygen atoms in total. The quantitative estimate of drug-likeness (QED) is 0.698. The maximum absolute atomic E-state index is 10.9. The minimum absolute atomic E-state index is 0.00687. The van der Waals surface area contributed by atoms with Gasteiger partial charge in [-0.15, -0.1) is 5.10 Å². The standard InChI is InChI=1S/C18H22N4O3S/c1-3-14-19-18-22(20-14)17(23)16(26-18)15(21-7-9-25-10-8-21)12-5-4-6-13(11-12)24-2/h4-6,11,15,23H,3,7-10H2,1-2H3/p+1/t15-/m1/s1. The predicted octanol–water partition coefficient (Wildman–Crippen LogP) is 1.07. The number of aromatic nitrogens is 3. The fourth-order valence-electron chi connectivity index (χ4n) is 3.44. The van der Waals surface area contributed by atoms with Crippen molar-refractivity contribution < 1.29 is 19.5 Å². The molecule has 1 aliphatic rings. The maximum atomic E-state index is 10.9. The lowest BCUT2D eigenvalue weighted by atomic mass is 10.0. The molecular weight excluding hydrogens is 352 g/mol. The van der Waals surface area contributed by atoms with Crippen LogP contribution in [0.2, 0.25) is 0 Å². The molecule has 4 rings (SSSR count). The van der Waals surface area contributed by atoms with E-state index >= 15 is 0 Å². The van der Waals surface area contributed by atoms with Crippen LogP contribution in [0.3, 0.4) is 0 Å². The Kier molecular flexibility index (Phi) is 4.80. The Morgan fingerprint density at radius 1 is 1.38 bits per heavy atom. The van der Waals surface area contributed by atoms with Gasteiger partial charge in [0.15, 0.2) is 11.9 Å². The second-order valence-electron chi connectivity index (χ2n) is 6.35. The number of aryl methyl sites for hydroxylation is 1. The molecule has 0 bridgehead atoms. The smallest absolute Gasteiger partial charge is 0.235 e. The second kappa shape index (κ2) is 7.22. The number of rotatable bonds is 5. The monoisotopic (exact) mass is 375 g/mol. The summed E-state index contributed by atoms with van der Waals surface area (Å²) in [6.45, 7) is 5.22. The van der Waals surface area contributed by atoms with Crippen LogP contribution in [0, 0.1) is 0 Å². The molecule has 0 aliphatic carbocycles. The predicted molar refractivity (Wildman–Crippen MR) is 98.3 cm³/mol. The van der Waals surface area contributed by atoms with Gasteiger partial charge in [-0.05, 0) is 12.1 Å². The Labute approximate surface area is 155 Å². The number of thiazole rings is 1. The number of fused-ring (bicyclic) bond motifs is 1. The lowest BCUT2D eigenvalue weighted by Crippen LogP contribution is -3.14. The summed E-state index contributed by atoms with van der Waals surface area (Å²) in [5.41, 5.74) is 1.11. The molecule has 2 N–H and O–H groups in total. The van der Waals surface area contributed by atoms with Crippen molar-refractivity contribution in [1.29, 1.82) is 0 Å². The first-order chi connectivity index (χ1) is 12.7. The van der Waals surface area contributed by atoms with Crippen LogP contribution >= 0.6 is 11.3 Å². The van der Waals surface area contributed by atoms with E-state index < -0.39 is 0 Å². The zero-order chi connectivity index (χ0) is 18.1. The third-order valence-electron chi connectivity index (χ3n) is 4.79. The van der Waals surface area contributed by atoms with Gasteiger partial charge in [-0.1, -0.05) is 30.4 Å². The van der Waals surface area contributed by atoms with E-state index in [0.717, 1.165) is 59.7 Å². The van der Waals surface area contributed by atoms with E-state index in [1.165, 1.54) is 16.2 Å². The average molecular weight is 375 g/mol.